The molecule has 3 heteroatoms. The first kappa shape index (κ1) is 16.1. The zero-order valence-corrected chi connectivity index (χ0v) is 14.2. The van der Waals surface area contributed by atoms with Gasteiger partial charge in [0.25, 0.3) is 0 Å². The maximum atomic E-state index is 9.79. The molecule has 0 aliphatic heterocycles. The van der Waals surface area contributed by atoms with Crippen molar-refractivity contribution in [3.05, 3.63) is 63.6 Å². The van der Waals surface area contributed by atoms with Gasteiger partial charge in [-0.25, -0.2) is 0 Å². The van der Waals surface area contributed by atoms with E-state index in [1.54, 1.807) is 6.92 Å². The number of hydrogen-bond donors (Lipinski definition) is 1. The van der Waals surface area contributed by atoms with Gasteiger partial charge in [-0.15, -0.1) is 0 Å². The zero-order chi connectivity index (χ0) is 15.4. The summed E-state index contributed by atoms with van der Waals surface area (Å²) in [6, 6.07) is 14.1. The minimum Gasteiger partial charge on any atom is -0.488 e. The Kier molecular flexibility index (Phi) is 5.43. The van der Waals surface area contributed by atoms with Crippen LogP contribution >= 0.6 is 15.9 Å². The second kappa shape index (κ2) is 7.10. The van der Waals surface area contributed by atoms with E-state index in [0.717, 1.165) is 15.6 Å². The van der Waals surface area contributed by atoms with Gasteiger partial charge in [-0.05, 0) is 36.1 Å². The van der Waals surface area contributed by atoms with Crippen molar-refractivity contribution in [1.82, 2.24) is 0 Å². The molecule has 1 N–H and O–H groups in total. The van der Waals surface area contributed by atoms with Crippen LogP contribution in [0.25, 0.3) is 0 Å². The molecule has 0 unspecified atom stereocenters. The lowest BCUT2D eigenvalue weighted by molar-refractivity contribution is 0.190. The molecule has 1 atom stereocenters. The number of aliphatic hydroxyl groups excluding tert-OH is 1. The van der Waals surface area contributed by atoms with E-state index in [4.69, 9.17) is 4.74 Å². The van der Waals surface area contributed by atoms with Gasteiger partial charge in [0.2, 0.25) is 0 Å². The minimum absolute atomic E-state index is 0.495. The summed E-state index contributed by atoms with van der Waals surface area (Å²) in [5.74, 6) is 1.25. The van der Waals surface area contributed by atoms with Crippen LogP contribution in [0.3, 0.4) is 0 Å². The smallest absolute Gasteiger partial charge is 0.126 e. The molecule has 0 aliphatic rings. The highest BCUT2D eigenvalue weighted by Crippen LogP contribution is 2.29. The van der Waals surface area contributed by atoms with Gasteiger partial charge in [-0.1, -0.05) is 60.1 Å². The van der Waals surface area contributed by atoms with Crippen LogP contribution in [0.4, 0.5) is 0 Å². The third-order valence-corrected chi connectivity index (χ3v) is 3.96. The van der Waals surface area contributed by atoms with Crippen molar-refractivity contribution < 1.29 is 9.84 Å². The Hall–Kier alpha value is -1.32. The lowest BCUT2D eigenvalue weighted by Crippen LogP contribution is -2.01. The molecule has 2 aromatic carbocycles. The van der Waals surface area contributed by atoms with Crippen LogP contribution < -0.4 is 4.74 Å². The van der Waals surface area contributed by atoms with Crippen LogP contribution in [0.1, 0.15) is 49.5 Å². The summed E-state index contributed by atoms with van der Waals surface area (Å²) < 4.78 is 6.82. The molecule has 21 heavy (non-hydrogen) atoms. The summed E-state index contributed by atoms with van der Waals surface area (Å²) in [6.45, 7) is 6.60. The monoisotopic (exact) mass is 348 g/mol. The summed E-state index contributed by atoms with van der Waals surface area (Å²) in [5.41, 5.74) is 3.25. The third kappa shape index (κ3) is 4.32. The average Bonchev–Trinajstić information content (AvgIpc) is 2.45. The van der Waals surface area contributed by atoms with Crippen molar-refractivity contribution in [1.29, 1.82) is 0 Å². The van der Waals surface area contributed by atoms with Crippen molar-refractivity contribution in [2.75, 3.05) is 0 Å². The highest BCUT2D eigenvalue weighted by atomic mass is 79.9. The topological polar surface area (TPSA) is 29.5 Å². The van der Waals surface area contributed by atoms with E-state index in [-0.39, 0.29) is 0 Å². The summed E-state index contributed by atoms with van der Waals surface area (Å²) >= 11 is 3.44. The maximum Gasteiger partial charge on any atom is 0.126 e. The first-order chi connectivity index (χ1) is 9.97. The van der Waals surface area contributed by atoms with Gasteiger partial charge >= 0.3 is 0 Å². The van der Waals surface area contributed by atoms with Crippen molar-refractivity contribution in [3.8, 4) is 5.75 Å². The zero-order valence-electron chi connectivity index (χ0n) is 12.6. The van der Waals surface area contributed by atoms with Crippen molar-refractivity contribution in [2.45, 2.75) is 39.4 Å². The molecule has 2 rings (SSSR count). The number of aliphatic hydroxyl groups is 1. The highest BCUT2D eigenvalue weighted by Gasteiger charge is 2.10. The largest absolute Gasteiger partial charge is 0.488 e. The molecular formula is C18H21BrO2. The molecule has 2 nitrogen and oxygen atoms in total. The van der Waals surface area contributed by atoms with Gasteiger partial charge in [-0.3, -0.25) is 0 Å². The lowest BCUT2D eigenvalue weighted by Gasteiger charge is -2.14. The molecule has 2 aromatic rings. The molecule has 0 saturated heterocycles. The number of ether oxygens (including phenoxy) is 1. The van der Waals surface area contributed by atoms with Gasteiger partial charge in [0, 0.05) is 10.0 Å². The van der Waals surface area contributed by atoms with E-state index < -0.39 is 6.10 Å². The van der Waals surface area contributed by atoms with E-state index in [2.05, 4.69) is 54.0 Å². The van der Waals surface area contributed by atoms with Gasteiger partial charge < -0.3 is 9.84 Å². The molecule has 0 spiro atoms. The third-order valence-electron chi connectivity index (χ3n) is 3.47. The molecule has 112 valence electrons. The van der Waals surface area contributed by atoms with E-state index in [0.29, 0.717) is 18.3 Å². The molecule has 0 fully saturated rings. The van der Waals surface area contributed by atoms with E-state index in [1.807, 2.05) is 18.2 Å². The second-order valence-corrected chi connectivity index (χ2v) is 6.46. The SMILES string of the molecule is CC(C)c1ccc(COc2cc(Br)ccc2[C@H](C)O)cc1. The summed E-state index contributed by atoms with van der Waals surface area (Å²) in [5, 5.41) is 9.79. The molecular weight excluding hydrogens is 328 g/mol. The maximum absolute atomic E-state index is 9.79. The fraction of sp³-hybridized carbons (Fsp3) is 0.333. The highest BCUT2D eigenvalue weighted by molar-refractivity contribution is 9.10. The Morgan fingerprint density at radius 3 is 2.29 bits per heavy atom. The van der Waals surface area contributed by atoms with E-state index in [9.17, 15) is 5.11 Å². The number of hydrogen-bond acceptors (Lipinski definition) is 2. The molecule has 0 saturated carbocycles. The predicted molar refractivity (Wildman–Crippen MR) is 89.6 cm³/mol. The first-order valence-corrected chi connectivity index (χ1v) is 7.96. The quantitative estimate of drug-likeness (QED) is 0.803. The number of rotatable bonds is 5. The molecule has 0 heterocycles. The van der Waals surface area contributed by atoms with Crippen LogP contribution in [0.5, 0.6) is 5.75 Å². The van der Waals surface area contributed by atoms with Gasteiger partial charge in [0.15, 0.2) is 0 Å². The number of halogens is 1. The fourth-order valence-electron chi connectivity index (χ4n) is 2.14. The summed E-state index contributed by atoms with van der Waals surface area (Å²) in [4.78, 5) is 0. The Morgan fingerprint density at radius 2 is 1.71 bits per heavy atom. The molecule has 0 aliphatic carbocycles. The Morgan fingerprint density at radius 1 is 1.05 bits per heavy atom. The average molecular weight is 349 g/mol. The number of benzene rings is 2. The second-order valence-electron chi connectivity index (χ2n) is 5.54. The first-order valence-electron chi connectivity index (χ1n) is 7.16. The van der Waals surface area contributed by atoms with Gasteiger partial charge in [-0.2, -0.15) is 0 Å². The van der Waals surface area contributed by atoms with E-state index >= 15 is 0 Å². The van der Waals surface area contributed by atoms with Crippen LogP contribution in [0.15, 0.2) is 46.9 Å². The van der Waals surface area contributed by atoms with Crippen molar-refractivity contribution >= 4 is 15.9 Å². The Balaban J connectivity index is 2.10. The summed E-state index contributed by atoms with van der Waals surface area (Å²) in [7, 11) is 0. The van der Waals surface area contributed by atoms with Crippen LogP contribution in [0, 0.1) is 0 Å². The van der Waals surface area contributed by atoms with Crippen LogP contribution in [-0.4, -0.2) is 5.11 Å². The van der Waals surface area contributed by atoms with Crippen LogP contribution in [0.2, 0.25) is 0 Å². The molecule has 0 amide bonds. The molecule has 0 aromatic heterocycles. The lowest BCUT2D eigenvalue weighted by atomic mass is 10.0. The predicted octanol–water partition coefficient (Wildman–Crippen LogP) is 5.20. The van der Waals surface area contributed by atoms with Crippen LogP contribution in [-0.2, 0) is 6.61 Å². The minimum atomic E-state index is -0.545. The molecule has 0 radical (unpaired) electrons. The fourth-order valence-corrected chi connectivity index (χ4v) is 2.48. The van der Waals surface area contributed by atoms with Gasteiger partial charge in [0.05, 0.1) is 6.10 Å². The Labute approximate surface area is 134 Å². The van der Waals surface area contributed by atoms with Crippen molar-refractivity contribution in [2.24, 2.45) is 0 Å². The van der Waals surface area contributed by atoms with Gasteiger partial charge in [0.1, 0.15) is 12.4 Å². The molecule has 0 bridgehead atoms. The summed E-state index contributed by atoms with van der Waals surface area (Å²) in [6.07, 6.45) is -0.545. The van der Waals surface area contributed by atoms with E-state index in [1.165, 1.54) is 5.56 Å². The van der Waals surface area contributed by atoms with Crippen molar-refractivity contribution in [3.63, 3.8) is 0 Å². The Bertz CT molecular complexity index is 589. The normalized spacial score (nSPS) is 12.5. The standard InChI is InChI=1S/C18H21BrO2/c1-12(2)15-6-4-14(5-7-15)11-21-18-10-16(19)8-9-17(18)13(3)20/h4-10,12-13,20H,11H2,1-3H3/t13-/m0/s1.